The lowest BCUT2D eigenvalue weighted by molar-refractivity contribution is -0.142. The standard InChI is InChI=1S/C20H27N5O2/c1-2-23-14-20(11-8-18(23)26)10-5-12-24(15-20)19(27)9-13-25-17-7-4-3-6-16(17)21-22-25/h3-4,6-7H,2,5,8-15H2,1H3. The summed E-state index contributed by atoms with van der Waals surface area (Å²) in [6.07, 6.45) is 4.07. The van der Waals surface area contributed by atoms with E-state index in [0.29, 0.717) is 19.4 Å². The molecule has 3 heterocycles. The second-order valence-corrected chi connectivity index (χ2v) is 7.88. The molecule has 2 aliphatic rings. The number of aromatic nitrogens is 3. The molecule has 1 atom stereocenters. The molecule has 1 unspecified atom stereocenters. The van der Waals surface area contributed by atoms with Crippen molar-refractivity contribution in [1.29, 1.82) is 0 Å². The third-order valence-corrected chi connectivity index (χ3v) is 6.10. The Balaban J connectivity index is 1.39. The number of carbonyl (C=O) groups excluding carboxylic acids is 2. The first-order valence-electron chi connectivity index (χ1n) is 9.94. The summed E-state index contributed by atoms with van der Waals surface area (Å²) in [5.74, 6) is 0.429. The van der Waals surface area contributed by atoms with Gasteiger partial charge in [0.2, 0.25) is 11.8 Å². The molecule has 4 rings (SSSR count). The van der Waals surface area contributed by atoms with E-state index in [2.05, 4.69) is 10.3 Å². The topological polar surface area (TPSA) is 71.3 Å². The number of rotatable bonds is 4. The van der Waals surface area contributed by atoms with Crippen LogP contribution in [0.15, 0.2) is 24.3 Å². The first-order valence-corrected chi connectivity index (χ1v) is 9.94. The minimum Gasteiger partial charge on any atom is -0.342 e. The Morgan fingerprint density at radius 3 is 2.93 bits per heavy atom. The summed E-state index contributed by atoms with van der Waals surface area (Å²) in [5, 5.41) is 8.33. The van der Waals surface area contributed by atoms with Gasteiger partial charge in [-0.05, 0) is 38.3 Å². The molecule has 7 heteroatoms. The number of carbonyl (C=O) groups is 2. The molecule has 27 heavy (non-hydrogen) atoms. The Kier molecular flexibility index (Phi) is 4.85. The van der Waals surface area contributed by atoms with Crippen LogP contribution in [-0.4, -0.2) is 62.8 Å². The minimum absolute atomic E-state index is 0.0811. The molecule has 2 amide bonds. The highest BCUT2D eigenvalue weighted by molar-refractivity contribution is 5.78. The zero-order chi connectivity index (χ0) is 18.9. The van der Waals surface area contributed by atoms with Crippen molar-refractivity contribution in [2.45, 2.75) is 45.6 Å². The Hall–Kier alpha value is -2.44. The number of likely N-dealkylation sites (tertiary alicyclic amines) is 2. The monoisotopic (exact) mass is 369 g/mol. The number of amides is 2. The van der Waals surface area contributed by atoms with Gasteiger partial charge in [-0.3, -0.25) is 9.59 Å². The van der Waals surface area contributed by atoms with Crippen LogP contribution in [0.4, 0.5) is 0 Å². The molecule has 0 saturated carbocycles. The van der Waals surface area contributed by atoms with Crippen molar-refractivity contribution in [3.05, 3.63) is 24.3 Å². The smallest absolute Gasteiger partial charge is 0.224 e. The summed E-state index contributed by atoms with van der Waals surface area (Å²) in [5.41, 5.74) is 1.90. The van der Waals surface area contributed by atoms with Crippen LogP contribution in [0.5, 0.6) is 0 Å². The first kappa shape index (κ1) is 17.9. The molecule has 0 N–H and O–H groups in total. The molecule has 2 aromatic rings. The zero-order valence-corrected chi connectivity index (χ0v) is 15.9. The largest absolute Gasteiger partial charge is 0.342 e. The third-order valence-electron chi connectivity index (χ3n) is 6.10. The molecule has 2 fully saturated rings. The first-order chi connectivity index (χ1) is 13.1. The Morgan fingerprint density at radius 1 is 1.22 bits per heavy atom. The second-order valence-electron chi connectivity index (χ2n) is 7.88. The fourth-order valence-corrected chi connectivity index (χ4v) is 4.59. The molecule has 1 aromatic heterocycles. The molecule has 2 aliphatic heterocycles. The minimum atomic E-state index is 0.0811. The number of fused-ring (bicyclic) bond motifs is 1. The van der Waals surface area contributed by atoms with Crippen molar-refractivity contribution in [1.82, 2.24) is 24.8 Å². The highest BCUT2D eigenvalue weighted by atomic mass is 16.2. The quantitative estimate of drug-likeness (QED) is 0.827. The van der Waals surface area contributed by atoms with Gasteiger partial charge in [0.05, 0.1) is 12.1 Å². The van der Waals surface area contributed by atoms with Gasteiger partial charge in [-0.15, -0.1) is 5.10 Å². The molecular weight excluding hydrogens is 342 g/mol. The molecule has 0 radical (unpaired) electrons. The third kappa shape index (κ3) is 3.55. The van der Waals surface area contributed by atoms with E-state index >= 15 is 0 Å². The number of aryl methyl sites for hydroxylation is 1. The van der Waals surface area contributed by atoms with Gasteiger partial charge in [0.15, 0.2) is 0 Å². The lowest BCUT2D eigenvalue weighted by atomic mass is 9.73. The fourth-order valence-electron chi connectivity index (χ4n) is 4.59. The van der Waals surface area contributed by atoms with E-state index in [1.54, 1.807) is 0 Å². The van der Waals surface area contributed by atoms with Crippen molar-refractivity contribution in [2.75, 3.05) is 26.2 Å². The fraction of sp³-hybridized carbons (Fsp3) is 0.600. The van der Waals surface area contributed by atoms with Gasteiger partial charge < -0.3 is 9.80 Å². The van der Waals surface area contributed by atoms with Gasteiger partial charge in [-0.25, -0.2) is 4.68 Å². The van der Waals surface area contributed by atoms with E-state index in [9.17, 15) is 9.59 Å². The number of hydrogen-bond donors (Lipinski definition) is 0. The van der Waals surface area contributed by atoms with E-state index in [-0.39, 0.29) is 17.2 Å². The number of para-hydroxylation sites is 1. The summed E-state index contributed by atoms with van der Waals surface area (Å²) in [7, 11) is 0. The molecule has 2 saturated heterocycles. The van der Waals surface area contributed by atoms with Crippen molar-refractivity contribution >= 4 is 22.8 Å². The van der Waals surface area contributed by atoms with Crippen LogP contribution in [0.2, 0.25) is 0 Å². The number of piperidine rings is 2. The van der Waals surface area contributed by atoms with E-state index in [1.807, 2.05) is 45.7 Å². The summed E-state index contributed by atoms with van der Waals surface area (Å²) < 4.78 is 1.81. The maximum Gasteiger partial charge on any atom is 0.224 e. The molecular formula is C20H27N5O2. The predicted molar refractivity (Wildman–Crippen MR) is 102 cm³/mol. The molecule has 0 bridgehead atoms. The second kappa shape index (κ2) is 7.29. The van der Waals surface area contributed by atoms with E-state index in [0.717, 1.165) is 56.5 Å². The van der Waals surface area contributed by atoms with Crippen LogP contribution in [-0.2, 0) is 16.1 Å². The van der Waals surface area contributed by atoms with Crippen molar-refractivity contribution in [3.63, 3.8) is 0 Å². The van der Waals surface area contributed by atoms with Gasteiger partial charge in [0, 0.05) is 44.4 Å². The number of nitrogens with zero attached hydrogens (tertiary/aromatic N) is 5. The average Bonchev–Trinajstić information content (AvgIpc) is 3.11. The van der Waals surface area contributed by atoms with Gasteiger partial charge in [0.25, 0.3) is 0 Å². The SMILES string of the molecule is CCN1CC2(CCCN(C(=O)CCn3nnc4ccccc43)C2)CCC1=O. The van der Waals surface area contributed by atoms with Crippen LogP contribution in [0.1, 0.15) is 39.0 Å². The average molecular weight is 369 g/mol. The Bertz CT molecular complexity index is 848. The van der Waals surface area contributed by atoms with Gasteiger partial charge in [-0.2, -0.15) is 0 Å². The molecule has 144 valence electrons. The molecule has 7 nitrogen and oxygen atoms in total. The lowest BCUT2D eigenvalue weighted by Crippen LogP contribution is -2.55. The number of benzene rings is 1. The van der Waals surface area contributed by atoms with E-state index in [1.165, 1.54) is 0 Å². The molecule has 1 aromatic carbocycles. The van der Waals surface area contributed by atoms with Gasteiger partial charge >= 0.3 is 0 Å². The zero-order valence-electron chi connectivity index (χ0n) is 15.9. The van der Waals surface area contributed by atoms with Crippen LogP contribution in [0.25, 0.3) is 11.0 Å². The summed E-state index contributed by atoms with van der Waals surface area (Å²) in [6.45, 7) is 5.72. The highest BCUT2D eigenvalue weighted by Crippen LogP contribution is 2.39. The van der Waals surface area contributed by atoms with Gasteiger partial charge in [0.1, 0.15) is 5.52 Å². The van der Waals surface area contributed by atoms with Gasteiger partial charge in [-0.1, -0.05) is 17.3 Å². The van der Waals surface area contributed by atoms with Crippen molar-refractivity contribution in [2.24, 2.45) is 5.41 Å². The van der Waals surface area contributed by atoms with Crippen molar-refractivity contribution < 1.29 is 9.59 Å². The Labute approximate surface area is 159 Å². The van der Waals surface area contributed by atoms with Crippen LogP contribution in [0, 0.1) is 5.41 Å². The summed E-state index contributed by atoms with van der Waals surface area (Å²) in [4.78, 5) is 28.9. The maximum absolute atomic E-state index is 12.9. The normalized spacial score (nSPS) is 23.4. The van der Waals surface area contributed by atoms with Crippen LogP contribution >= 0.6 is 0 Å². The lowest BCUT2D eigenvalue weighted by Gasteiger charge is -2.48. The van der Waals surface area contributed by atoms with E-state index < -0.39 is 0 Å². The summed E-state index contributed by atoms with van der Waals surface area (Å²) >= 11 is 0. The predicted octanol–water partition coefficient (Wildman–Crippen LogP) is 2.07. The summed E-state index contributed by atoms with van der Waals surface area (Å²) in [6, 6.07) is 7.81. The van der Waals surface area contributed by atoms with Crippen molar-refractivity contribution in [3.8, 4) is 0 Å². The molecule has 1 spiro atoms. The van der Waals surface area contributed by atoms with Crippen LogP contribution < -0.4 is 0 Å². The Morgan fingerprint density at radius 2 is 2.07 bits per heavy atom. The number of hydrogen-bond acceptors (Lipinski definition) is 4. The molecule has 0 aliphatic carbocycles. The van der Waals surface area contributed by atoms with Crippen LogP contribution in [0.3, 0.4) is 0 Å². The maximum atomic E-state index is 12.9. The highest BCUT2D eigenvalue weighted by Gasteiger charge is 2.42. The van der Waals surface area contributed by atoms with E-state index in [4.69, 9.17) is 0 Å².